The molecule has 29 heavy (non-hydrogen) atoms. The molecule has 0 aliphatic heterocycles. The van der Waals surface area contributed by atoms with Crippen molar-refractivity contribution in [3.63, 3.8) is 0 Å². The van der Waals surface area contributed by atoms with Crippen molar-refractivity contribution in [2.75, 3.05) is 13.7 Å². The summed E-state index contributed by atoms with van der Waals surface area (Å²) in [5.41, 5.74) is 8.51. The van der Waals surface area contributed by atoms with Gasteiger partial charge in [0.1, 0.15) is 0 Å². The molecule has 1 saturated carbocycles. The van der Waals surface area contributed by atoms with E-state index in [1.165, 1.54) is 31.7 Å². The van der Waals surface area contributed by atoms with E-state index in [4.69, 9.17) is 9.47 Å². The number of rotatable bonds is 7. The SMILES string of the molecule is CCOc1ccc(C(=O)NNC(=O)/C=C/c2cc(C)n(C3CC3)c2C)cc1OC. The summed E-state index contributed by atoms with van der Waals surface area (Å²) >= 11 is 0. The molecule has 1 aliphatic rings. The zero-order valence-electron chi connectivity index (χ0n) is 17.2. The number of hydrogen-bond donors (Lipinski definition) is 2. The minimum Gasteiger partial charge on any atom is -0.493 e. The molecule has 0 saturated heterocycles. The number of aromatic nitrogens is 1. The molecule has 1 aromatic heterocycles. The van der Waals surface area contributed by atoms with Gasteiger partial charge in [0.2, 0.25) is 0 Å². The van der Waals surface area contributed by atoms with E-state index in [2.05, 4.69) is 35.3 Å². The number of carbonyl (C=O) groups excluding carboxylic acids is 2. The number of hydrazine groups is 1. The summed E-state index contributed by atoms with van der Waals surface area (Å²) in [6.07, 6.45) is 5.60. The van der Waals surface area contributed by atoms with Crippen LogP contribution in [0.2, 0.25) is 0 Å². The molecule has 2 aromatic rings. The Kier molecular flexibility index (Phi) is 6.26. The van der Waals surface area contributed by atoms with E-state index in [1.54, 1.807) is 24.3 Å². The highest BCUT2D eigenvalue weighted by molar-refractivity contribution is 5.98. The summed E-state index contributed by atoms with van der Waals surface area (Å²) in [5, 5.41) is 0. The second-order valence-electron chi connectivity index (χ2n) is 7.00. The van der Waals surface area contributed by atoms with E-state index in [1.807, 2.05) is 6.92 Å². The maximum atomic E-state index is 12.3. The minimum absolute atomic E-state index is 0.350. The van der Waals surface area contributed by atoms with Crippen molar-refractivity contribution in [3.8, 4) is 11.5 Å². The monoisotopic (exact) mass is 397 g/mol. The highest BCUT2D eigenvalue weighted by Crippen LogP contribution is 2.38. The zero-order chi connectivity index (χ0) is 21.0. The predicted octanol–water partition coefficient (Wildman–Crippen LogP) is 3.32. The third-order valence-electron chi connectivity index (χ3n) is 4.87. The number of hydrogen-bond acceptors (Lipinski definition) is 4. The molecule has 7 heteroatoms. The molecule has 1 aliphatic carbocycles. The fraction of sp³-hybridized carbons (Fsp3) is 0.364. The second kappa shape index (κ2) is 8.86. The van der Waals surface area contributed by atoms with Crippen molar-refractivity contribution in [1.29, 1.82) is 0 Å². The topological polar surface area (TPSA) is 81.6 Å². The van der Waals surface area contributed by atoms with Crippen LogP contribution >= 0.6 is 0 Å². The van der Waals surface area contributed by atoms with Crippen molar-refractivity contribution < 1.29 is 19.1 Å². The highest BCUT2D eigenvalue weighted by Gasteiger charge is 2.26. The number of benzene rings is 1. The molecular formula is C22H27N3O4. The normalized spacial score (nSPS) is 13.4. The highest BCUT2D eigenvalue weighted by atomic mass is 16.5. The number of methoxy groups -OCH3 is 1. The summed E-state index contributed by atoms with van der Waals surface area (Å²) < 4.78 is 13.0. The fourth-order valence-electron chi connectivity index (χ4n) is 3.35. The Morgan fingerprint density at radius 2 is 1.93 bits per heavy atom. The summed E-state index contributed by atoms with van der Waals surface area (Å²) in [5.74, 6) is 0.159. The summed E-state index contributed by atoms with van der Waals surface area (Å²) in [7, 11) is 1.51. The fourth-order valence-corrected chi connectivity index (χ4v) is 3.35. The third-order valence-corrected chi connectivity index (χ3v) is 4.87. The number of ether oxygens (including phenoxy) is 2. The molecule has 0 bridgehead atoms. The van der Waals surface area contributed by atoms with Gasteiger partial charge in [0.25, 0.3) is 11.8 Å². The maximum Gasteiger partial charge on any atom is 0.269 e. The molecule has 1 fully saturated rings. The molecule has 0 atom stereocenters. The summed E-state index contributed by atoms with van der Waals surface area (Å²) in [4.78, 5) is 24.4. The van der Waals surface area contributed by atoms with Crippen LogP contribution < -0.4 is 20.3 Å². The molecule has 154 valence electrons. The van der Waals surface area contributed by atoms with Crippen molar-refractivity contribution in [2.45, 2.75) is 39.7 Å². The lowest BCUT2D eigenvalue weighted by Crippen LogP contribution is -2.40. The average molecular weight is 397 g/mol. The molecule has 1 heterocycles. The van der Waals surface area contributed by atoms with Crippen molar-refractivity contribution >= 4 is 17.9 Å². The molecule has 0 radical (unpaired) electrons. The first kappa shape index (κ1) is 20.5. The van der Waals surface area contributed by atoms with Crippen LogP contribution in [-0.2, 0) is 4.79 Å². The Balaban J connectivity index is 1.58. The number of amides is 2. The molecule has 1 aromatic carbocycles. The van der Waals surface area contributed by atoms with E-state index in [9.17, 15) is 9.59 Å². The second-order valence-corrected chi connectivity index (χ2v) is 7.00. The van der Waals surface area contributed by atoms with E-state index in [0.717, 1.165) is 11.3 Å². The van der Waals surface area contributed by atoms with E-state index < -0.39 is 11.8 Å². The van der Waals surface area contributed by atoms with Gasteiger partial charge in [0.05, 0.1) is 13.7 Å². The first-order valence-corrected chi connectivity index (χ1v) is 9.72. The van der Waals surface area contributed by atoms with Gasteiger partial charge in [-0.15, -0.1) is 0 Å². The predicted molar refractivity (Wildman–Crippen MR) is 111 cm³/mol. The van der Waals surface area contributed by atoms with Gasteiger partial charge in [0, 0.05) is 29.1 Å². The summed E-state index contributed by atoms with van der Waals surface area (Å²) in [6.45, 7) is 6.50. The Bertz CT molecular complexity index is 942. The van der Waals surface area contributed by atoms with Gasteiger partial charge in [0.15, 0.2) is 11.5 Å². The van der Waals surface area contributed by atoms with Crippen LogP contribution in [0.4, 0.5) is 0 Å². The minimum atomic E-state index is -0.444. The van der Waals surface area contributed by atoms with Crippen LogP contribution in [0.15, 0.2) is 30.3 Å². The molecule has 0 unspecified atom stereocenters. The maximum absolute atomic E-state index is 12.3. The van der Waals surface area contributed by atoms with Gasteiger partial charge in [-0.2, -0.15) is 0 Å². The van der Waals surface area contributed by atoms with Gasteiger partial charge in [-0.05, 0) is 69.5 Å². The lowest BCUT2D eigenvalue weighted by atomic mass is 10.2. The number of nitrogens with one attached hydrogen (secondary N) is 2. The smallest absolute Gasteiger partial charge is 0.269 e. The number of carbonyl (C=O) groups is 2. The number of nitrogens with zero attached hydrogens (tertiary/aromatic N) is 1. The quantitative estimate of drug-likeness (QED) is 0.555. The van der Waals surface area contributed by atoms with Crippen LogP contribution in [0.5, 0.6) is 11.5 Å². The van der Waals surface area contributed by atoms with Gasteiger partial charge in [-0.25, -0.2) is 0 Å². The van der Waals surface area contributed by atoms with Gasteiger partial charge >= 0.3 is 0 Å². The lowest BCUT2D eigenvalue weighted by molar-refractivity contribution is -0.117. The van der Waals surface area contributed by atoms with Gasteiger partial charge in [-0.3, -0.25) is 20.4 Å². The zero-order valence-corrected chi connectivity index (χ0v) is 17.2. The van der Waals surface area contributed by atoms with Gasteiger partial charge < -0.3 is 14.0 Å². The Morgan fingerprint density at radius 1 is 1.17 bits per heavy atom. The van der Waals surface area contributed by atoms with Crippen LogP contribution in [0.25, 0.3) is 6.08 Å². The Labute approximate surface area is 170 Å². The van der Waals surface area contributed by atoms with Crippen molar-refractivity contribution in [3.05, 3.63) is 52.9 Å². The molecular weight excluding hydrogens is 370 g/mol. The van der Waals surface area contributed by atoms with Crippen LogP contribution in [0.3, 0.4) is 0 Å². The average Bonchev–Trinajstić information content (AvgIpc) is 3.50. The van der Waals surface area contributed by atoms with Crippen LogP contribution in [0, 0.1) is 13.8 Å². The van der Waals surface area contributed by atoms with Gasteiger partial charge in [-0.1, -0.05) is 0 Å². The summed E-state index contributed by atoms with van der Waals surface area (Å²) in [6, 6.07) is 7.50. The largest absolute Gasteiger partial charge is 0.493 e. The van der Waals surface area contributed by atoms with Crippen molar-refractivity contribution in [2.24, 2.45) is 0 Å². The van der Waals surface area contributed by atoms with Crippen LogP contribution in [0.1, 0.15) is 53.1 Å². The van der Waals surface area contributed by atoms with E-state index in [0.29, 0.717) is 29.7 Å². The lowest BCUT2D eigenvalue weighted by Gasteiger charge is -2.11. The molecule has 0 spiro atoms. The van der Waals surface area contributed by atoms with Crippen molar-refractivity contribution in [1.82, 2.24) is 15.4 Å². The molecule has 2 amide bonds. The third kappa shape index (κ3) is 4.80. The molecule has 7 nitrogen and oxygen atoms in total. The Morgan fingerprint density at radius 3 is 2.59 bits per heavy atom. The molecule has 2 N–H and O–H groups in total. The first-order chi connectivity index (χ1) is 13.9. The van der Waals surface area contributed by atoms with E-state index >= 15 is 0 Å². The van der Waals surface area contributed by atoms with E-state index in [-0.39, 0.29) is 0 Å². The molecule has 3 rings (SSSR count). The number of aryl methyl sites for hydroxylation is 1. The first-order valence-electron chi connectivity index (χ1n) is 9.72. The standard InChI is InChI=1S/C22H27N3O4/c1-5-29-19-10-6-17(13-20(19)28-4)22(27)24-23-21(26)11-7-16-12-14(2)25(15(16)3)18-8-9-18/h6-7,10-13,18H,5,8-9H2,1-4H3,(H,23,26)(H,24,27)/b11-7+. The van der Waals surface area contributed by atoms with Crippen LogP contribution in [-0.4, -0.2) is 30.1 Å². The Hall–Kier alpha value is -3.22.